The second-order valence-corrected chi connectivity index (χ2v) is 7.79. The summed E-state index contributed by atoms with van der Waals surface area (Å²) in [5.41, 5.74) is 0.747. The van der Waals surface area contributed by atoms with E-state index in [9.17, 15) is 19.7 Å². The molecule has 0 radical (unpaired) electrons. The van der Waals surface area contributed by atoms with E-state index >= 15 is 0 Å². The van der Waals surface area contributed by atoms with Gasteiger partial charge >= 0.3 is 12.1 Å². The number of esters is 1. The van der Waals surface area contributed by atoms with E-state index in [0.29, 0.717) is 18.4 Å². The smallest absolute Gasteiger partial charge is 0.408 e. The number of carbonyl (C=O) groups excluding carboxylic acids is 2. The highest BCUT2D eigenvalue weighted by Crippen LogP contribution is 2.16. The zero-order valence-corrected chi connectivity index (χ0v) is 17.7. The molecule has 1 unspecified atom stereocenters. The van der Waals surface area contributed by atoms with Crippen molar-refractivity contribution in [3.05, 3.63) is 75.8 Å². The lowest BCUT2D eigenvalue weighted by molar-refractivity contribution is -0.763. The molecule has 0 saturated carbocycles. The monoisotopic (exact) mass is 430 g/mol. The van der Waals surface area contributed by atoms with Crippen LogP contribution in [0.5, 0.6) is 5.75 Å². The standard InChI is InChI=1S/C22H26N2O7/c1-22(2,3)31-21(26)23-19(13-12-16-8-5-4-6-9-16)20(25)30-18-11-7-10-17(14-18)15-29-24(27)28/h4-11,14,19H,12-13,15H2,1-3H3,(H,23,26). The molecular formula is C22H26N2O7. The maximum Gasteiger partial charge on any atom is 0.408 e. The van der Waals surface area contributed by atoms with Crippen LogP contribution in [0.15, 0.2) is 54.6 Å². The lowest BCUT2D eigenvalue weighted by atomic mass is 10.1. The van der Waals surface area contributed by atoms with Gasteiger partial charge < -0.3 is 19.6 Å². The number of hydrogen-bond donors (Lipinski definition) is 1. The minimum atomic E-state index is -0.950. The lowest BCUT2D eigenvalue weighted by Gasteiger charge is -2.23. The molecule has 0 aromatic heterocycles. The van der Waals surface area contributed by atoms with Crippen molar-refractivity contribution in [2.24, 2.45) is 0 Å². The number of ether oxygens (including phenoxy) is 2. The van der Waals surface area contributed by atoms with E-state index in [1.807, 2.05) is 30.3 Å². The molecule has 0 fully saturated rings. The number of hydrogen-bond acceptors (Lipinski definition) is 7. The van der Waals surface area contributed by atoms with E-state index in [0.717, 1.165) is 5.56 Å². The van der Waals surface area contributed by atoms with Gasteiger partial charge in [-0.1, -0.05) is 42.5 Å². The van der Waals surface area contributed by atoms with Gasteiger partial charge in [-0.05, 0) is 56.9 Å². The second-order valence-electron chi connectivity index (χ2n) is 7.79. The summed E-state index contributed by atoms with van der Waals surface area (Å²) in [5, 5.41) is 12.0. The molecule has 9 heteroatoms. The van der Waals surface area contributed by atoms with Crippen molar-refractivity contribution in [2.45, 2.75) is 51.9 Å². The van der Waals surface area contributed by atoms with E-state index in [-0.39, 0.29) is 12.4 Å². The van der Waals surface area contributed by atoms with Crippen LogP contribution in [0.3, 0.4) is 0 Å². The first-order valence-electron chi connectivity index (χ1n) is 9.74. The Morgan fingerprint density at radius 1 is 1.06 bits per heavy atom. The molecule has 9 nitrogen and oxygen atoms in total. The van der Waals surface area contributed by atoms with E-state index in [1.165, 1.54) is 12.1 Å². The Labute approximate surface area is 180 Å². The van der Waals surface area contributed by atoms with Crippen LogP contribution in [0.2, 0.25) is 0 Å². The fourth-order valence-electron chi connectivity index (χ4n) is 2.67. The molecule has 0 aliphatic carbocycles. The van der Waals surface area contributed by atoms with Gasteiger partial charge in [0.2, 0.25) is 0 Å². The average molecular weight is 430 g/mol. The van der Waals surface area contributed by atoms with E-state index in [2.05, 4.69) is 10.2 Å². The highest BCUT2D eigenvalue weighted by molar-refractivity contribution is 5.83. The molecule has 0 bridgehead atoms. The predicted octanol–water partition coefficient (Wildman–Crippen LogP) is 3.83. The molecule has 0 aliphatic rings. The van der Waals surface area contributed by atoms with Crippen molar-refractivity contribution in [3.8, 4) is 5.75 Å². The number of carbonyl (C=O) groups is 2. The fourth-order valence-corrected chi connectivity index (χ4v) is 2.67. The average Bonchev–Trinajstić information content (AvgIpc) is 2.69. The van der Waals surface area contributed by atoms with E-state index in [1.54, 1.807) is 32.9 Å². The van der Waals surface area contributed by atoms with Crippen LogP contribution in [0.4, 0.5) is 4.79 Å². The van der Waals surface area contributed by atoms with Gasteiger partial charge in [0.1, 0.15) is 24.0 Å². The van der Waals surface area contributed by atoms with Gasteiger partial charge in [0, 0.05) is 0 Å². The summed E-state index contributed by atoms with van der Waals surface area (Å²) in [5.74, 6) is -0.487. The van der Waals surface area contributed by atoms with Crippen molar-refractivity contribution in [3.63, 3.8) is 0 Å². The quantitative estimate of drug-likeness (QED) is 0.278. The topological polar surface area (TPSA) is 117 Å². The largest absolute Gasteiger partial charge is 0.444 e. The summed E-state index contributed by atoms with van der Waals surface area (Å²) in [6.07, 6.45) is 0.106. The third kappa shape index (κ3) is 9.16. The number of benzene rings is 2. The first-order chi connectivity index (χ1) is 14.6. The molecule has 2 aromatic carbocycles. The van der Waals surface area contributed by atoms with Crippen molar-refractivity contribution in [2.75, 3.05) is 0 Å². The van der Waals surface area contributed by atoms with Crippen molar-refractivity contribution >= 4 is 12.1 Å². The van der Waals surface area contributed by atoms with E-state index < -0.39 is 28.8 Å². The summed E-state index contributed by atoms with van der Waals surface area (Å²) in [6, 6.07) is 14.8. The lowest BCUT2D eigenvalue weighted by Crippen LogP contribution is -2.45. The molecule has 1 atom stereocenters. The normalized spacial score (nSPS) is 11.8. The Morgan fingerprint density at radius 2 is 1.74 bits per heavy atom. The van der Waals surface area contributed by atoms with Crippen LogP contribution in [-0.2, 0) is 27.4 Å². The van der Waals surface area contributed by atoms with Gasteiger partial charge in [-0.2, -0.15) is 0 Å². The minimum absolute atomic E-state index is 0.185. The summed E-state index contributed by atoms with van der Waals surface area (Å²) < 4.78 is 10.7. The van der Waals surface area contributed by atoms with Crippen molar-refractivity contribution < 1.29 is 29.0 Å². The van der Waals surface area contributed by atoms with Gasteiger partial charge in [-0.3, -0.25) is 0 Å². The molecule has 2 aromatic rings. The Hall–Kier alpha value is -3.62. The van der Waals surface area contributed by atoms with Crippen LogP contribution in [0, 0.1) is 10.1 Å². The van der Waals surface area contributed by atoms with Crippen LogP contribution >= 0.6 is 0 Å². The molecule has 2 rings (SSSR count). The zero-order chi connectivity index (χ0) is 22.9. The van der Waals surface area contributed by atoms with Crippen LogP contribution in [0.25, 0.3) is 0 Å². The third-order valence-electron chi connectivity index (χ3n) is 3.99. The summed E-state index contributed by atoms with van der Waals surface area (Å²) in [7, 11) is 0. The molecule has 1 N–H and O–H groups in total. The molecule has 166 valence electrons. The SMILES string of the molecule is CC(C)(C)OC(=O)NC(CCc1ccccc1)C(=O)Oc1cccc(CO[N+](=O)[O-])c1. The van der Waals surface area contributed by atoms with Gasteiger partial charge in [0.25, 0.3) is 5.09 Å². The zero-order valence-electron chi connectivity index (χ0n) is 17.7. The molecule has 0 saturated heterocycles. The number of nitrogens with zero attached hydrogens (tertiary/aromatic N) is 1. The Bertz CT molecular complexity index is 894. The molecule has 0 spiro atoms. The number of alkyl carbamates (subject to hydrolysis) is 1. The van der Waals surface area contributed by atoms with Gasteiger partial charge in [-0.15, -0.1) is 10.1 Å². The Balaban J connectivity index is 2.08. The molecule has 31 heavy (non-hydrogen) atoms. The first-order valence-corrected chi connectivity index (χ1v) is 9.74. The third-order valence-corrected chi connectivity index (χ3v) is 3.99. The highest BCUT2D eigenvalue weighted by atomic mass is 16.9. The maximum absolute atomic E-state index is 12.8. The van der Waals surface area contributed by atoms with Crippen LogP contribution < -0.4 is 10.1 Å². The van der Waals surface area contributed by atoms with Gasteiger partial charge in [0.05, 0.1) is 0 Å². The van der Waals surface area contributed by atoms with Crippen molar-refractivity contribution in [1.29, 1.82) is 0 Å². The first kappa shape index (κ1) is 23.7. The molecular weight excluding hydrogens is 404 g/mol. The number of aryl methyl sites for hydroxylation is 1. The maximum atomic E-state index is 12.8. The summed E-state index contributed by atoms with van der Waals surface area (Å²) in [4.78, 5) is 39.7. The molecule has 0 aliphatic heterocycles. The summed E-state index contributed by atoms with van der Waals surface area (Å²) in [6.45, 7) is 4.90. The van der Waals surface area contributed by atoms with E-state index in [4.69, 9.17) is 9.47 Å². The molecule has 0 heterocycles. The van der Waals surface area contributed by atoms with Crippen molar-refractivity contribution in [1.82, 2.24) is 5.32 Å². The highest BCUT2D eigenvalue weighted by Gasteiger charge is 2.26. The van der Waals surface area contributed by atoms with Crippen LogP contribution in [-0.4, -0.2) is 28.8 Å². The van der Waals surface area contributed by atoms with Gasteiger partial charge in [0.15, 0.2) is 0 Å². The predicted molar refractivity (Wildman–Crippen MR) is 112 cm³/mol. The fraction of sp³-hybridized carbons (Fsp3) is 0.364. The number of amides is 1. The second kappa shape index (κ2) is 11.0. The number of rotatable bonds is 9. The van der Waals surface area contributed by atoms with Crippen LogP contribution in [0.1, 0.15) is 38.3 Å². The molecule has 1 amide bonds. The number of nitrogens with one attached hydrogen (secondary N) is 1. The Kier molecular flexibility index (Phi) is 8.36. The minimum Gasteiger partial charge on any atom is -0.444 e. The Morgan fingerprint density at radius 3 is 2.39 bits per heavy atom. The van der Waals surface area contributed by atoms with Gasteiger partial charge in [-0.25, -0.2) is 9.59 Å². The summed E-state index contributed by atoms with van der Waals surface area (Å²) >= 11 is 0.